The number of amides is 4. The second-order valence-electron chi connectivity index (χ2n) is 17.9. The fraction of sp³-hybridized carbons (Fsp3) is 0.489. The monoisotopic (exact) mass is 909 g/mol. The SMILES string of the molecule is COc1ccc2oc3c(O[C@@H]4C[C@H]5C(=O)N[C@]6(C(=O)NS(=O)(=O)C7CC7)C[C@H]6C=CCCCCC[C@H](NC(=O)OC(C)(C)C)C(=O)N5C4)cc(-c4ccc(C(F)(F)F)cc4)nc3c2c1. The molecule has 8 rings (SSSR count). The van der Waals surface area contributed by atoms with Gasteiger partial charge in [-0.1, -0.05) is 37.1 Å². The number of methoxy groups -OCH3 is 1. The fourth-order valence-corrected chi connectivity index (χ4v) is 9.72. The van der Waals surface area contributed by atoms with Gasteiger partial charge in [0.2, 0.25) is 21.8 Å². The molecule has 0 spiro atoms. The van der Waals surface area contributed by atoms with Gasteiger partial charge in [0.25, 0.3) is 5.91 Å². The maximum Gasteiger partial charge on any atom is 0.416 e. The van der Waals surface area contributed by atoms with E-state index in [0.717, 1.165) is 18.6 Å². The summed E-state index contributed by atoms with van der Waals surface area (Å²) in [7, 11) is -2.49. The van der Waals surface area contributed by atoms with Crippen molar-refractivity contribution < 1.29 is 59.4 Å². The summed E-state index contributed by atoms with van der Waals surface area (Å²) in [5.41, 5.74) is -1.86. The van der Waals surface area contributed by atoms with Crippen LogP contribution in [0.15, 0.2) is 65.1 Å². The Morgan fingerprint density at radius 2 is 1.75 bits per heavy atom. The molecule has 4 aliphatic rings. The van der Waals surface area contributed by atoms with Crippen LogP contribution in [0.5, 0.6) is 11.5 Å². The summed E-state index contributed by atoms with van der Waals surface area (Å²) in [6.07, 6.45) is 1.04. The van der Waals surface area contributed by atoms with E-state index < -0.39 is 86.1 Å². The molecule has 1 saturated heterocycles. The molecule has 3 N–H and O–H groups in total. The lowest BCUT2D eigenvalue weighted by atomic mass is 10.0. The minimum absolute atomic E-state index is 0.118. The molecular weight excluding hydrogens is 860 g/mol. The molecule has 15 nitrogen and oxygen atoms in total. The predicted molar refractivity (Wildman–Crippen MR) is 227 cm³/mol. The molecule has 5 atom stereocenters. The first kappa shape index (κ1) is 44.7. The standard InChI is InChI=1S/C45H50F3N5O10S/c1-43(2,3)63-42(57)50-32-11-9-7-5-6-8-10-27-23-44(27,41(56)52-64(58,59)30-17-18-30)51-39(54)34-21-29(24-53(34)40(32)55)61-36-22-33(25-12-14-26(15-13-25)45(46,47)48)49-37-31-20-28(60-4)16-19-35(31)62-38(36)37/h8,10,12-16,19-20,22,27,29-30,32,34H,5-7,9,11,17-18,21,23-24H2,1-4H3,(H,50,57)(H,51,54)(H,52,56)/t27-,29-,32+,34+,44-/m1/s1. The quantitative estimate of drug-likeness (QED) is 0.155. The number of nitrogens with one attached hydrogen (secondary N) is 3. The van der Waals surface area contributed by atoms with E-state index >= 15 is 0 Å². The first-order valence-electron chi connectivity index (χ1n) is 21.3. The number of fused-ring (bicyclic) bond motifs is 5. The minimum atomic E-state index is -4.57. The lowest BCUT2D eigenvalue weighted by Gasteiger charge is -2.30. The summed E-state index contributed by atoms with van der Waals surface area (Å²) in [5, 5.41) is 5.38. The number of nitrogens with zero attached hydrogens (tertiary/aromatic N) is 2. The Morgan fingerprint density at radius 1 is 1.00 bits per heavy atom. The van der Waals surface area contributed by atoms with E-state index in [1.807, 2.05) is 12.2 Å². The highest BCUT2D eigenvalue weighted by Gasteiger charge is 2.62. The minimum Gasteiger partial charge on any atom is -0.497 e. The molecule has 4 amide bonds. The van der Waals surface area contributed by atoms with Crippen LogP contribution in [-0.4, -0.2) is 90.3 Å². The van der Waals surface area contributed by atoms with Crippen molar-refractivity contribution in [3.8, 4) is 22.8 Å². The van der Waals surface area contributed by atoms with E-state index in [4.69, 9.17) is 23.6 Å². The molecule has 0 bridgehead atoms. The van der Waals surface area contributed by atoms with Crippen molar-refractivity contribution in [2.45, 2.75) is 119 Å². The van der Waals surface area contributed by atoms with Gasteiger partial charge in [0.05, 0.1) is 35.5 Å². The van der Waals surface area contributed by atoms with Crippen LogP contribution in [0.25, 0.3) is 33.3 Å². The van der Waals surface area contributed by atoms with Crippen LogP contribution in [0.4, 0.5) is 18.0 Å². The summed E-state index contributed by atoms with van der Waals surface area (Å²) < 4.78 is 92.6. The number of hydrogen-bond acceptors (Lipinski definition) is 11. The first-order chi connectivity index (χ1) is 30.2. The van der Waals surface area contributed by atoms with Gasteiger partial charge in [-0.3, -0.25) is 19.1 Å². The largest absolute Gasteiger partial charge is 0.497 e. The van der Waals surface area contributed by atoms with E-state index in [0.29, 0.717) is 59.9 Å². The van der Waals surface area contributed by atoms with Crippen LogP contribution in [0, 0.1) is 5.92 Å². The van der Waals surface area contributed by atoms with Gasteiger partial charge >= 0.3 is 12.3 Å². The Balaban J connectivity index is 1.16. The molecule has 2 aliphatic carbocycles. The number of ether oxygens (including phenoxy) is 3. The Bertz CT molecular complexity index is 2620. The van der Waals surface area contributed by atoms with E-state index in [1.165, 1.54) is 30.2 Å². The average Bonchev–Trinajstić information content (AvgIpc) is 4.13. The number of benzene rings is 2. The molecule has 4 aromatic rings. The second-order valence-corrected chi connectivity index (χ2v) is 19.9. The van der Waals surface area contributed by atoms with Crippen LogP contribution < -0.4 is 24.8 Å². The third-order valence-electron chi connectivity index (χ3n) is 11.9. The first-order valence-corrected chi connectivity index (χ1v) is 22.9. The van der Waals surface area contributed by atoms with E-state index in [9.17, 15) is 40.8 Å². The van der Waals surface area contributed by atoms with Crippen LogP contribution >= 0.6 is 0 Å². The Kier molecular flexibility index (Phi) is 11.8. The van der Waals surface area contributed by atoms with Gasteiger partial charge < -0.3 is 34.2 Å². The van der Waals surface area contributed by atoms with Gasteiger partial charge in [-0.25, -0.2) is 18.2 Å². The lowest BCUT2D eigenvalue weighted by Crippen LogP contribution is -2.58. The number of pyridine rings is 1. The number of carbonyl (C=O) groups excluding carboxylic acids is 4. The molecule has 64 heavy (non-hydrogen) atoms. The number of carbonyl (C=O) groups is 4. The van der Waals surface area contributed by atoms with Crippen molar-refractivity contribution in [1.29, 1.82) is 0 Å². The van der Waals surface area contributed by atoms with Crippen LogP contribution in [0.3, 0.4) is 0 Å². The summed E-state index contributed by atoms with van der Waals surface area (Å²) in [4.78, 5) is 62.5. The number of aromatic nitrogens is 1. The van der Waals surface area contributed by atoms with Crippen molar-refractivity contribution in [3.63, 3.8) is 0 Å². The number of sulfonamides is 1. The highest BCUT2D eigenvalue weighted by molar-refractivity contribution is 7.91. The number of furan rings is 1. The number of allylic oxidation sites excluding steroid dienone is 1. The van der Waals surface area contributed by atoms with Crippen LogP contribution in [0.1, 0.15) is 84.1 Å². The number of rotatable bonds is 8. The van der Waals surface area contributed by atoms with Gasteiger partial charge in [-0.05, 0) is 89.6 Å². The zero-order valence-electron chi connectivity index (χ0n) is 35.8. The molecule has 2 aliphatic heterocycles. The third kappa shape index (κ3) is 9.49. The fourth-order valence-electron chi connectivity index (χ4n) is 8.35. The lowest BCUT2D eigenvalue weighted by molar-refractivity contribution is -0.141. The van der Waals surface area contributed by atoms with Crippen LogP contribution in [0.2, 0.25) is 0 Å². The summed E-state index contributed by atoms with van der Waals surface area (Å²) in [6.45, 7) is 4.87. The predicted octanol–water partition coefficient (Wildman–Crippen LogP) is 6.92. The van der Waals surface area contributed by atoms with E-state index in [2.05, 4.69) is 15.4 Å². The zero-order valence-corrected chi connectivity index (χ0v) is 36.6. The zero-order chi connectivity index (χ0) is 45.8. The molecule has 2 aromatic heterocycles. The average molecular weight is 910 g/mol. The highest BCUT2D eigenvalue weighted by atomic mass is 32.2. The summed E-state index contributed by atoms with van der Waals surface area (Å²) in [6, 6.07) is 8.65. The second kappa shape index (κ2) is 16.9. The molecule has 342 valence electrons. The van der Waals surface area contributed by atoms with Crippen molar-refractivity contribution in [3.05, 3.63) is 66.2 Å². The highest BCUT2D eigenvalue weighted by Crippen LogP contribution is 2.46. The molecule has 0 radical (unpaired) electrons. The van der Waals surface area contributed by atoms with Crippen molar-refractivity contribution in [2.75, 3.05) is 13.7 Å². The third-order valence-corrected chi connectivity index (χ3v) is 13.7. The number of hydrogen-bond donors (Lipinski definition) is 3. The Hall–Kier alpha value is -5.85. The molecule has 19 heteroatoms. The molecule has 0 unspecified atom stereocenters. The topological polar surface area (TPSA) is 195 Å². The maximum atomic E-state index is 14.7. The Labute approximate surface area is 367 Å². The van der Waals surface area contributed by atoms with Crippen LogP contribution in [-0.2, 0) is 35.3 Å². The van der Waals surface area contributed by atoms with E-state index in [1.54, 1.807) is 39.0 Å². The maximum absolute atomic E-state index is 14.7. The van der Waals surface area contributed by atoms with Crippen molar-refractivity contribution in [1.82, 2.24) is 25.2 Å². The number of halogens is 3. The molecule has 2 saturated carbocycles. The smallest absolute Gasteiger partial charge is 0.416 e. The number of alkyl carbamates (subject to hydrolysis) is 1. The van der Waals surface area contributed by atoms with Gasteiger partial charge in [-0.2, -0.15) is 13.2 Å². The van der Waals surface area contributed by atoms with Gasteiger partial charge in [0.1, 0.15) is 46.2 Å². The van der Waals surface area contributed by atoms with Crippen molar-refractivity contribution in [2.24, 2.45) is 5.92 Å². The molecule has 2 aromatic carbocycles. The summed E-state index contributed by atoms with van der Waals surface area (Å²) >= 11 is 0. The van der Waals surface area contributed by atoms with Gasteiger partial charge in [-0.15, -0.1) is 0 Å². The normalized spacial score (nSPS) is 24.5. The molecule has 3 fully saturated rings. The molecular formula is C45H50F3N5O10S. The van der Waals surface area contributed by atoms with Crippen molar-refractivity contribution >= 4 is 55.9 Å². The summed E-state index contributed by atoms with van der Waals surface area (Å²) in [5.74, 6) is -2.11. The van der Waals surface area contributed by atoms with Gasteiger partial charge in [0, 0.05) is 24.0 Å². The number of alkyl halides is 3. The van der Waals surface area contributed by atoms with E-state index in [-0.39, 0.29) is 42.8 Å². The van der Waals surface area contributed by atoms with Gasteiger partial charge in [0.15, 0.2) is 11.3 Å². The Morgan fingerprint density at radius 3 is 2.44 bits per heavy atom. The molecule has 4 heterocycles.